The minimum atomic E-state index is -4.59. The SMILES string of the molecule is CC[C@H]1CN(C(C)c2ccc(C(F)(F)F)cc2F)[C@H](CC)CN1C(=O)O. The minimum absolute atomic E-state index is 0.120. The highest BCUT2D eigenvalue weighted by Gasteiger charge is 2.38. The molecule has 2 rings (SSSR count). The fourth-order valence-electron chi connectivity index (χ4n) is 3.61. The van der Waals surface area contributed by atoms with Crippen LogP contribution in [0.2, 0.25) is 0 Å². The van der Waals surface area contributed by atoms with Crippen molar-refractivity contribution >= 4 is 6.09 Å². The maximum Gasteiger partial charge on any atom is 0.416 e. The van der Waals surface area contributed by atoms with Gasteiger partial charge in [0.15, 0.2) is 0 Å². The summed E-state index contributed by atoms with van der Waals surface area (Å²) in [6.07, 6.45) is -4.30. The molecule has 1 aromatic rings. The second-order valence-corrected chi connectivity index (χ2v) is 6.67. The Bertz CT molecular complexity index is 651. The van der Waals surface area contributed by atoms with Gasteiger partial charge in [-0.2, -0.15) is 13.2 Å². The average Bonchev–Trinajstić information content (AvgIpc) is 2.58. The molecule has 1 saturated heterocycles. The molecule has 1 amide bonds. The zero-order valence-electron chi connectivity index (χ0n) is 15.1. The molecule has 1 heterocycles. The first kappa shape index (κ1) is 20.5. The maximum atomic E-state index is 14.4. The van der Waals surface area contributed by atoms with E-state index < -0.39 is 29.7 Å². The van der Waals surface area contributed by atoms with Gasteiger partial charge in [0.05, 0.1) is 5.56 Å². The van der Waals surface area contributed by atoms with Crippen molar-refractivity contribution in [3.05, 3.63) is 35.1 Å². The quantitative estimate of drug-likeness (QED) is 0.771. The van der Waals surface area contributed by atoms with Crippen molar-refractivity contribution in [1.29, 1.82) is 0 Å². The standard InChI is InChI=1S/C18H24F4N2O2/c1-4-13-10-24(17(25)26)14(5-2)9-23(13)11(3)15-7-6-12(8-16(15)19)18(20,21)22/h6-8,11,13-14H,4-5,9-10H2,1-3H3,(H,25,26)/t11?,13-,14+/m1/s1. The second-order valence-electron chi connectivity index (χ2n) is 6.67. The summed E-state index contributed by atoms with van der Waals surface area (Å²) in [5.74, 6) is -0.893. The van der Waals surface area contributed by atoms with E-state index in [-0.39, 0.29) is 17.6 Å². The Morgan fingerprint density at radius 2 is 1.85 bits per heavy atom. The van der Waals surface area contributed by atoms with Crippen molar-refractivity contribution in [2.45, 2.75) is 57.9 Å². The molecule has 0 spiro atoms. The van der Waals surface area contributed by atoms with Crippen LogP contribution >= 0.6 is 0 Å². The van der Waals surface area contributed by atoms with Gasteiger partial charge in [0.25, 0.3) is 0 Å². The molecule has 1 unspecified atom stereocenters. The maximum absolute atomic E-state index is 14.4. The van der Waals surface area contributed by atoms with E-state index in [0.29, 0.717) is 32.0 Å². The monoisotopic (exact) mass is 376 g/mol. The lowest BCUT2D eigenvalue weighted by Crippen LogP contribution is -2.59. The Kier molecular flexibility index (Phi) is 6.16. The first-order valence-electron chi connectivity index (χ1n) is 8.72. The molecule has 0 bridgehead atoms. The molecule has 0 radical (unpaired) electrons. The van der Waals surface area contributed by atoms with Gasteiger partial charge >= 0.3 is 12.3 Å². The Morgan fingerprint density at radius 1 is 1.23 bits per heavy atom. The first-order chi connectivity index (χ1) is 12.1. The summed E-state index contributed by atoms with van der Waals surface area (Å²) >= 11 is 0. The molecule has 3 atom stereocenters. The van der Waals surface area contributed by atoms with Crippen molar-refractivity contribution in [3.8, 4) is 0 Å². The van der Waals surface area contributed by atoms with Crippen molar-refractivity contribution in [2.75, 3.05) is 13.1 Å². The zero-order valence-corrected chi connectivity index (χ0v) is 15.1. The number of nitrogens with zero attached hydrogens (tertiary/aromatic N) is 2. The van der Waals surface area contributed by atoms with Gasteiger partial charge in [-0.1, -0.05) is 19.9 Å². The topological polar surface area (TPSA) is 43.8 Å². The predicted molar refractivity (Wildman–Crippen MR) is 89.4 cm³/mol. The largest absolute Gasteiger partial charge is 0.465 e. The third-order valence-corrected chi connectivity index (χ3v) is 5.20. The van der Waals surface area contributed by atoms with Crippen LogP contribution in [0.4, 0.5) is 22.4 Å². The minimum Gasteiger partial charge on any atom is -0.465 e. The predicted octanol–water partition coefficient (Wildman–Crippen LogP) is 4.76. The number of piperazine rings is 1. The molecular weight excluding hydrogens is 352 g/mol. The van der Waals surface area contributed by atoms with E-state index in [1.807, 2.05) is 18.7 Å². The summed E-state index contributed by atoms with van der Waals surface area (Å²) in [5, 5.41) is 9.39. The van der Waals surface area contributed by atoms with Crippen LogP contribution in [0.25, 0.3) is 0 Å². The van der Waals surface area contributed by atoms with Crippen LogP contribution in [-0.4, -0.2) is 46.2 Å². The molecule has 26 heavy (non-hydrogen) atoms. The van der Waals surface area contributed by atoms with Crippen molar-refractivity contribution in [3.63, 3.8) is 0 Å². The van der Waals surface area contributed by atoms with Crippen LogP contribution in [0.15, 0.2) is 18.2 Å². The average molecular weight is 376 g/mol. The summed E-state index contributed by atoms with van der Waals surface area (Å²) < 4.78 is 52.6. The van der Waals surface area contributed by atoms with E-state index in [2.05, 4.69) is 0 Å². The van der Waals surface area contributed by atoms with Crippen LogP contribution in [-0.2, 0) is 6.18 Å². The van der Waals surface area contributed by atoms with Gasteiger partial charge in [0, 0.05) is 36.8 Å². The molecule has 8 heteroatoms. The number of hydrogen-bond acceptors (Lipinski definition) is 2. The molecule has 0 aromatic heterocycles. The number of halogens is 4. The number of hydrogen-bond donors (Lipinski definition) is 1. The molecule has 1 aliphatic heterocycles. The molecule has 1 fully saturated rings. The van der Waals surface area contributed by atoms with Crippen molar-refractivity contribution in [2.24, 2.45) is 0 Å². The first-order valence-corrected chi connectivity index (χ1v) is 8.72. The Morgan fingerprint density at radius 3 is 2.31 bits per heavy atom. The van der Waals surface area contributed by atoms with Crippen LogP contribution in [0.3, 0.4) is 0 Å². The van der Waals surface area contributed by atoms with E-state index in [0.717, 1.165) is 6.07 Å². The highest BCUT2D eigenvalue weighted by Crippen LogP contribution is 2.34. The van der Waals surface area contributed by atoms with Crippen LogP contribution in [0, 0.1) is 5.82 Å². The molecule has 0 aliphatic carbocycles. The summed E-state index contributed by atoms with van der Waals surface area (Å²) in [7, 11) is 0. The highest BCUT2D eigenvalue weighted by atomic mass is 19.4. The summed E-state index contributed by atoms with van der Waals surface area (Å²) in [5.41, 5.74) is -0.824. The van der Waals surface area contributed by atoms with Gasteiger partial charge in [-0.05, 0) is 31.9 Å². The lowest BCUT2D eigenvalue weighted by molar-refractivity contribution is -0.137. The van der Waals surface area contributed by atoms with Gasteiger partial charge in [-0.3, -0.25) is 4.90 Å². The molecule has 0 saturated carbocycles. The normalized spacial score (nSPS) is 23.1. The third kappa shape index (κ3) is 4.11. The Balaban J connectivity index is 2.30. The molecule has 1 aromatic carbocycles. The van der Waals surface area contributed by atoms with Crippen LogP contribution in [0.5, 0.6) is 0 Å². The smallest absolute Gasteiger partial charge is 0.416 e. The number of carbonyl (C=O) groups is 1. The second kappa shape index (κ2) is 7.82. The van der Waals surface area contributed by atoms with Crippen molar-refractivity contribution in [1.82, 2.24) is 9.80 Å². The molecule has 1 aliphatic rings. The van der Waals surface area contributed by atoms with Crippen LogP contribution < -0.4 is 0 Å². The fraction of sp³-hybridized carbons (Fsp3) is 0.611. The molecular formula is C18H24F4N2O2. The number of carboxylic acid groups (broad SMARTS) is 1. The Labute approximate surface area is 150 Å². The Hall–Kier alpha value is -1.83. The van der Waals surface area contributed by atoms with Gasteiger partial charge in [-0.15, -0.1) is 0 Å². The molecule has 4 nitrogen and oxygen atoms in total. The molecule has 146 valence electrons. The number of amides is 1. The number of alkyl halides is 3. The highest BCUT2D eigenvalue weighted by molar-refractivity contribution is 5.65. The fourth-order valence-corrected chi connectivity index (χ4v) is 3.61. The van der Waals surface area contributed by atoms with Gasteiger partial charge < -0.3 is 10.0 Å². The van der Waals surface area contributed by atoms with E-state index in [4.69, 9.17) is 0 Å². The lowest BCUT2D eigenvalue weighted by atomic mass is 9.96. The van der Waals surface area contributed by atoms with E-state index in [1.54, 1.807) is 6.92 Å². The lowest BCUT2D eigenvalue weighted by Gasteiger charge is -2.47. The third-order valence-electron chi connectivity index (χ3n) is 5.20. The van der Waals surface area contributed by atoms with Gasteiger partial charge in [-0.25, -0.2) is 9.18 Å². The van der Waals surface area contributed by atoms with Gasteiger partial charge in [0.2, 0.25) is 0 Å². The summed E-state index contributed by atoms with van der Waals surface area (Å²) in [6, 6.07) is 1.80. The zero-order chi connectivity index (χ0) is 19.6. The van der Waals surface area contributed by atoms with E-state index in [1.165, 1.54) is 11.0 Å². The van der Waals surface area contributed by atoms with E-state index in [9.17, 15) is 27.5 Å². The number of benzene rings is 1. The van der Waals surface area contributed by atoms with Gasteiger partial charge in [0.1, 0.15) is 5.82 Å². The number of rotatable bonds is 4. The van der Waals surface area contributed by atoms with Crippen LogP contribution in [0.1, 0.15) is 50.8 Å². The van der Waals surface area contributed by atoms with E-state index >= 15 is 0 Å². The summed E-state index contributed by atoms with van der Waals surface area (Å²) in [4.78, 5) is 14.9. The molecule has 1 N–H and O–H groups in total. The summed E-state index contributed by atoms with van der Waals surface area (Å²) in [6.45, 7) is 6.27. The van der Waals surface area contributed by atoms with Crippen molar-refractivity contribution < 1.29 is 27.5 Å².